The van der Waals surface area contributed by atoms with E-state index in [1.807, 2.05) is 47.9 Å². The van der Waals surface area contributed by atoms with E-state index < -0.39 is 5.41 Å². The van der Waals surface area contributed by atoms with E-state index in [1.54, 1.807) is 0 Å². The highest BCUT2D eigenvalue weighted by Crippen LogP contribution is 2.41. The summed E-state index contributed by atoms with van der Waals surface area (Å²) in [6.45, 7) is 13.5. The standard InChI is InChI=1S/C26H40ClN3O3/c1-5-29(6-2)24(31)17-28-13-7-12-26(19-28)14-23(33-18-20(3)4)16-30(25(26)32)15-21-8-10-22(27)11-9-21/h8-11,20,23H,5-7,12-19H2,1-4H3/t23-,26+/m0/s1. The summed E-state index contributed by atoms with van der Waals surface area (Å²) >= 11 is 6.06. The van der Waals surface area contributed by atoms with E-state index in [-0.39, 0.29) is 17.9 Å². The number of rotatable bonds is 9. The number of carbonyl (C=O) groups excluding carboxylic acids is 2. The summed E-state index contributed by atoms with van der Waals surface area (Å²) in [4.78, 5) is 32.6. The summed E-state index contributed by atoms with van der Waals surface area (Å²) < 4.78 is 6.29. The maximum Gasteiger partial charge on any atom is 0.236 e. The van der Waals surface area contributed by atoms with Crippen molar-refractivity contribution in [2.24, 2.45) is 11.3 Å². The molecule has 2 aliphatic heterocycles. The summed E-state index contributed by atoms with van der Waals surface area (Å²) in [6.07, 6.45) is 2.51. The second-order valence-corrected chi connectivity index (χ2v) is 10.5. The first kappa shape index (κ1) is 26.0. The lowest BCUT2D eigenvalue weighted by Gasteiger charge is -2.49. The maximum atomic E-state index is 13.9. The minimum atomic E-state index is -0.492. The fourth-order valence-electron chi connectivity index (χ4n) is 5.21. The SMILES string of the molecule is CCN(CC)C(=O)CN1CCC[C@@]2(C[C@H](OCC(C)C)CN(Cc3ccc(Cl)cc3)C2=O)C1. The van der Waals surface area contributed by atoms with Gasteiger partial charge in [-0.3, -0.25) is 14.5 Å². The van der Waals surface area contributed by atoms with E-state index in [1.165, 1.54) is 0 Å². The number of amides is 2. The van der Waals surface area contributed by atoms with Crippen LogP contribution in [0.1, 0.15) is 52.5 Å². The zero-order valence-corrected chi connectivity index (χ0v) is 21.4. The van der Waals surface area contributed by atoms with Crippen LogP contribution in [0, 0.1) is 11.3 Å². The third kappa shape index (κ3) is 6.71. The molecule has 0 aromatic heterocycles. The topological polar surface area (TPSA) is 53.1 Å². The predicted molar refractivity (Wildman–Crippen MR) is 132 cm³/mol. The fraction of sp³-hybridized carbons (Fsp3) is 0.692. The normalized spacial score (nSPS) is 24.0. The van der Waals surface area contributed by atoms with Crippen LogP contribution in [0.4, 0.5) is 0 Å². The van der Waals surface area contributed by atoms with Crippen molar-refractivity contribution in [1.82, 2.24) is 14.7 Å². The predicted octanol–water partition coefficient (Wildman–Crippen LogP) is 4.06. The van der Waals surface area contributed by atoms with Gasteiger partial charge in [-0.15, -0.1) is 0 Å². The molecule has 1 aromatic carbocycles. The van der Waals surface area contributed by atoms with Gasteiger partial charge in [-0.25, -0.2) is 0 Å². The first-order chi connectivity index (χ1) is 15.8. The molecule has 1 aromatic rings. The zero-order valence-electron chi connectivity index (χ0n) is 20.7. The van der Waals surface area contributed by atoms with Gasteiger partial charge in [0.2, 0.25) is 11.8 Å². The monoisotopic (exact) mass is 477 g/mol. The molecule has 7 heteroatoms. The molecular formula is C26H40ClN3O3. The molecule has 2 fully saturated rings. The van der Waals surface area contributed by atoms with Gasteiger partial charge in [0.15, 0.2) is 0 Å². The molecule has 0 saturated carbocycles. The number of hydrogen-bond donors (Lipinski definition) is 0. The van der Waals surface area contributed by atoms with Gasteiger partial charge in [-0.2, -0.15) is 0 Å². The third-order valence-corrected chi connectivity index (χ3v) is 7.12. The summed E-state index contributed by atoms with van der Waals surface area (Å²) in [6, 6.07) is 7.71. The molecule has 0 radical (unpaired) electrons. The molecule has 2 atom stereocenters. The van der Waals surface area contributed by atoms with Crippen LogP contribution in [0.15, 0.2) is 24.3 Å². The molecule has 0 unspecified atom stereocenters. The van der Waals surface area contributed by atoms with Crippen LogP contribution in [-0.2, 0) is 20.9 Å². The average molecular weight is 478 g/mol. The van der Waals surface area contributed by atoms with Gasteiger partial charge in [0.25, 0.3) is 0 Å². The Bertz CT molecular complexity index is 796. The van der Waals surface area contributed by atoms with Gasteiger partial charge < -0.3 is 14.5 Å². The number of halogens is 1. The van der Waals surface area contributed by atoms with E-state index in [4.69, 9.17) is 16.3 Å². The zero-order chi connectivity index (χ0) is 24.0. The average Bonchev–Trinajstić information content (AvgIpc) is 2.78. The van der Waals surface area contributed by atoms with Crippen LogP contribution in [0.3, 0.4) is 0 Å². The van der Waals surface area contributed by atoms with Crippen LogP contribution >= 0.6 is 11.6 Å². The Morgan fingerprint density at radius 1 is 1.24 bits per heavy atom. The van der Waals surface area contributed by atoms with Crippen molar-refractivity contribution in [3.05, 3.63) is 34.9 Å². The van der Waals surface area contributed by atoms with Crippen molar-refractivity contribution in [2.75, 3.05) is 45.9 Å². The molecule has 3 rings (SSSR count). The van der Waals surface area contributed by atoms with Gasteiger partial charge in [-0.05, 0) is 63.3 Å². The summed E-state index contributed by atoms with van der Waals surface area (Å²) in [5.74, 6) is 0.783. The van der Waals surface area contributed by atoms with Gasteiger partial charge in [-0.1, -0.05) is 37.6 Å². The number of benzene rings is 1. The summed E-state index contributed by atoms with van der Waals surface area (Å²) in [5.41, 5.74) is 0.575. The first-order valence-corrected chi connectivity index (χ1v) is 12.8. The third-order valence-electron chi connectivity index (χ3n) is 6.87. The van der Waals surface area contributed by atoms with Crippen LogP contribution < -0.4 is 0 Å². The van der Waals surface area contributed by atoms with Crippen LogP contribution in [0.5, 0.6) is 0 Å². The number of carbonyl (C=O) groups is 2. The molecule has 33 heavy (non-hydrogen) atoms. The van der Waals surface area contributed by atoms with Gasteiger partial charge in [0.05, 0.1) is 18.1 Å². The lowest BCUT2D eigenvalue weighted by Crippen LogP contribution is -2.60. The highest BCUT2D eigenvalue weighted by molar-refractivity contribution is 6.30. The molecule has 184 valence electrons. The highest BCUT2D eigenvalue weighted by Gasteiger charge is 2.49. The second-order valence-electron chi connectivity index (χ2n) is 10.0. The van der Waals surface area contributed by atoms with Crippen molar-refractivity contribution < 1.29 is 14.3 Å². The molecule has 1 spiro atoms. The summed E-state index contributed by atoms with van der Waals surface area (Å²) in [7, 11) is 0. The van der Waals surface area contributed by atoms with E-state index in [9.17, 15) is 9.59 Å². The highest BCUT2D eigenvalue weighted by atomic mass is 35.5. The number of likely N-dealkylation sites (N-methyl/N-ethyl adjacent to an activating group) is 1. The lowest BCUT2D eigenvalue weighted by molar-refractivity contribution is -0.162. The quantitative estimate of drug-likeness (QED) is 0.538. The Kier molecular flexibility index (Phi) is 9.19. The van der Waals surface area contributed by atoms with Crippen LogP contribution in [0.2, 0.25) is 5.02 Å². The van der Waals surface area contributed by atoms with E-state index >= 15 is 0 Å². The van der Waals surface area contributed by atoms with Gasteiger partial charge in [0, 0.05) is 44.4 Å². The molecule has 6 nitrogen and oxygen atoms in total. The molecular weight excluding hydrogens is 438 g/mol. The molecule has 0 aliphatic carbocycles. The van der Waals surface area contributed by atoms with Crippen molar-refractivity contribution >= 4 is 23.4 Å². The lowest BCUT2D eigenvalue weighted by atomic mass is 9.72. The molecule has 0 bridgehead atoms. The summed E-state index contributed by atoms with van der Waals surface area (Å²) in [5, 5.41) is 0.694. The van der Waals surface area contributed by atoms with E-state index in [0.717, 1.165) is 31.4 Å². The maximum absolute atomic E-state index is 13.9. The smallest absolute Gasteiger partial charge is 0.236 e. The minimum absolute atomic E-state index is 0.0100. The first-order valence-electron chi connectivity index (χ1n) is 12.4. The van der Waals surface area contributed by atoms with Gasteiger partial charge >= 0.3 is 0 Å². The van der Waals surface area contributed by atoms with Gasteiger partial charge in [0.1, 0.15) is 0 Å². The molecule has 0 N–H and O–H groups in total. The molecule has 2 amide bonds. The Balaban J connectivity index is 1.78. The number of piperidine rings is 2. The molecule has 2 saturated heterocycles. The van der Waals surface area contributed by atoms with Crippen molar-refractivity contribution in [3.63, 3.8) is 0 Å². The van der Waals surface area contributed by atoms with Crippen molar-refractivity contribution in [2.45, 2.75) is 59.6 Å². The number of ether oxygens (including phenoxy) is 1. The number of nitrogens with zero attached hydrogens (tertiary/aromatic N) is 3. The molecule has 2 heterocycles. The minimum Gasteiger partial charge on any atom is -0.376 e. The van der Waals surface area contributed by atoms with Crippen molar-refractivity contribution in [3.8, 4) is 0 Å². The Labute approximate surface area is 204 Å². The van der Waals surface area contributed by atoms with E-state index in [2.05, 4.69) is 18.7 Å². The Hall–Kier alpha value is -1.63. The van der Waals surface area contributed by atoms with E-state index in [0.29, 0.717) is 56.8 Å². The Morgan fingerprint density at radius 3 is 2.58 bits per heavy atom. The van der Waals surface area contributed by atoms with Crippen LogP contribution in [-0.4, -0.2) is 78.5 Å². The van der Waals surface area contributed by atoms with Crippen LogP contribution in [0.25, 0.3) is 0 Å². The Morgan fingerprint density at radius 2 is 1.94 bits per heavy atom. The molecule has 2 aliphatic rings. The number of likely N-dealkylation sites (tertiary alicyclic amines) is 2. The fourth-order valence-corrected chi connectivity index (χ4v) is 5.34. The second kappa shape index (κ2) is 11.7. The number of hydrogen-bond acceptors (Lipinski definition) is 4. The van der Waals surface area contributed by atoms with Crippen molar-refractivity contribution in [1.29, 1.82) is 0 Å². The largest absolute Gasteiger partial charge is 0.376 e.